The Labute approximate surface area is 117 Å². The van der Waals surface area contributed by atoms with Gasteiger partial charge in [-0.1, -0.05) is 30.3 Å². The highest BCUT2D eigenvalue weighted by molar-refractivity contribution is 7.99. The van der Waals surface area contributed by atoms with Crippen LogP contribution in [0.25, 0.3) is 11.1 Å². The summed E-state index contributed by atoms with van der Waals surface area (Å²) in [5.41, 5.74) is 7.15. The molecule has 0 fully saturated rings. The molecular formula is C14H20N2O2S. The second-order valence-electron chi connectivity index (χ2n) is 5.07. The fraction of sp³-hybridized carbons (Fsp3) is 0.500. The molecule has 0 saturated carbocycles. The van der Waals surface area contributed by atoms with E-state index in [0.29, 0.717) is 0 Å². The molecule has 0 aliphatic rings. The molecule has 5 heteroatoms. The minimum atomic E-state index is -0.456. The smallest absolute Gasteiger partial charge is 0.256 e. The van der Waals surface area contributed by atoms with Gasteiger partial charge in [0.2, 0.25) is 0 Å². The number of thioether (sulfide) groups is 1. The Morgan fingerprint density at radius 2 is 2.16 bits per heavy atom. The normalized spacial score (nSPS) is 14.7. The van der Waals surface area contributed by atoms with Gasteiger partial charge in [-0.3, -0.25) is 0 Å². The number of nitrogens with two attached hydrogens (primary N) is 1. The average molecular weight is 280 g/mol. The van der Waals surface area contributed by atoms with E-state index in [-0.39, 0.29) is 6.61 Å². The summed E-state index contributed by atoms with van der Waals surface area (Å²) in [6.45, 7) is 1.91. The quantitative estimate of drug-likeness (QED) is 0.602. The Bertz CT molecular complexity index is 492. The van der Waals surface area contributed by atoms with Crippen LogP contribution in [0.3, 0.4) is 0 Å². The summed E-state index contributed by atoms with van der Waals surface area (Å²) < 4.78 is 5.62. The van der Waals surface area contributed by atoms with Gasteiger partial charge in [-0.2, -0.15) is 0 Å². The molecule has 3 N–H and O–H groups in total. The van der Waals surface area contributed by atoms with E-state index in [4.69, 9.17) is 15.3 Å². The van der Waals surface area contributed by atoms with E-state index in [1.165, 1.54) is 0 Å². The molecule has 2 rings (SSSR count). The van der Waals surface area contributed by atoms with Gasteiger partial charge in [0.1, 0.15) is 5.52 Å². The third-order valence-corrected chi connectivity index (χ3v) is 3.92. The molecule has 0 saturated heterocycles. The van der Waals surface area contributed by atoms with Gasteiger partial charge >= 0.3 is 0 Å². The number of hydrogen-bond donors (Lipinski definition) is 2. The first-order valence-electron chi connectivity index (χ1n) is 6.49. The number of aromatic nitrogens is 1. The summed E-state index contributed by atoms with van der Waals surface area (Å²) in [5.74, 6) is 0.953. The number of nitrogens with zero attached hydrogens (tertiary/aromatic N) is 1. The summed E-state index contributed by atoms with van der Waals surface area (Å²) >= 11 is 1.62. The molecule has 1 aromatic heterocycles. The Balaban J connectivity index is 1.74. The molecular weight excluding hydrogens is 260 g/mol. The van der Waals surface area contributed by atoms with E-state index in [2.05, 4.69) is 4.98 Å². The first-order valence-corrected chi connectivity index (χ1v) is 7.47. The van der Waals surface area contributed by atoms with Crippen molar-refractivity contribution in [1.82, 2.24) is 4.98 Å². The van der Waals surface area contributed by atoms with Gasteiger partial charge in [0.25, 0.3) is 5.22 Å². The molecule has 19 heavy (non-hydrogen) atoms. The van der Waals surface area contributed by atoms with Crippen LogP contribution < -0.4 is 5.73 Å². The molecule has 4 nitrogen and oxygen atoms in total. The minimum Gasteiger partial charge on any atom is -0.431 e. The molecule has 1 atom stereocenters. The number of rotatable bonds is 7. The zero-order valence-corrected chi connectivity index (χ0v) is 11.9. The third-order valence-electron chi connectivity index (χ3n) is 3.00. The van der Waals surface area contributed by atoms with Crippen LogP contribution in [0.2, 0.25) is 0 Å². The second-order valence-corrected chi connectivity index (χ2v) is 6.11. The van der Waals surface area contributed by atoms with Crippen LogP contribution in [-0.4, -0.2) is 28.0 Å². The van der Waals surface area contributed by atoms with Crippen molar-refractivity contribution < 1.29 is 9.52 Å². The van der Waals surface area contributed by atoms with Crippen molar-refractivity contribution in [3.05, 3.63) is 24.3 Å². The first-order chi connectivity index (χ1) is 9.11. The zero-order chi connectivity index (χ0) is 13.7. The lowest BCUT2D eigenvalue weighted by Crippen LogP contribution is -2.39. The maximum Gasteiger partial charge on any atom is 0.256 e. The van der Waals surface area contributed by atoms with Crippen molar-refractivity contribution in [2.24, 2.45) is 5.73 Å². The average Bonchev–Trinajstić information content (AvgIpc) is 2.81. The first kappa shape index (κ1) is 14.4. The Hall–Kier alpha value is -1.04. The van der Waals surface area contributed by atoms with E-state index in [1.54, 1.807) is 11.8 Å². The zero-order valence-electron chi connectivity index (χ0n) is 11.1. The minimum absolute atomic E-state index is 0.0330. The molecule has 1 aromatic carbocycles. The van der Waals surface area contributed by atoms with Crippen molar-refractivity contribution in [2.45, 2.75) is 36.9 Å². The standard InChI is InChI=1S/C14H20N2O2S/c1-14(15,10-17)8-4-5-9-19-13-16-11-6-2-3-7-12(11)18-13/h2-3,6-7,17H,4-5,8-10,15H2,1H3. The van der Waals surface area contributed by atoms with E-state index in [9.17, 15) is 0 Å². The van der Waals surface area contributed by atoms with E-state index >= 15 is 0 Å². The molecule has 1 heterocycles. The Kier molecular flexibility index (Phi) is 4.85. The Morgan fingerprint density at radius 1 is 1.37 bits per heavy atom. The predicted molar refractivity (Wildman–Crippen MR) is 78.3 cm³/mol. The molecule has 0 bridgehead atoms. The molecule has 0 amide bonds. The second kappa shape index (κ2) is 6.41. The Morgan fingerprint density at radius 3 is 2.89 bits per heavy atom. The van der Waals surface area contributed by atoms with Gasteiger partial charge in [0.05, 0.1) is 6.61 Å². The van der Waals surface area contributed by atoms with Crippen LogP contribution in [0.1, 0.15) is 26.2 Å². The molecule has 0 aliphatic heterocycles. The molecule has 104 valence electrons. The van der Waals surface area contributed by atoms with E-state index in [0.717, 1.165) is 41.3 Å². The molecule has 2 aromatic rings. The number of oxazole rings is 1. The highest BCUT2D eigenvalue weighted by atomic mass is 32.2. The topological polar surface area (TPSA) is 72.3 Å². The van der Waals surface area contributed by atoms with Gasteiger partial charge < -0.3 is 15.3 Å². The van der Waals surface area contributed by atoms with Crippen molar-refractivity contribution in [2.75, 3.05) is 12.4 Å². The number of unbranched alkanes of at least 4 members (excludes halogenated alkanes) is 1. The van der Waals surface area contributed by atoms with Crippen LogP contribution in [0, 0.1) is 0 Å². The predicted octanol–water partition coefficient (Wildman–Crippen LogP) is 2.80. The number of benzene rings is 1. The third kappa shape index (κ3) is 4.23. The number of aliphatic hydroxyl groups excluding tert-OH is 1. The summed E-state index contributed by atoms with van der Waals surface area (Å²) in [7, 11) is 0. The van der Waals surface area contributed by atoms with Crippen molar-refractivity contribution in [3.8, 4) is 0 Å². The van der Waals surface area contributed by atoms with Crippen molar-refractivity contribution in [3.63, 3.8) is 0 Å². The number of hydrogen-bond acceptors (Lipinski definition) is 5. The van der Waals surface area contributed by atoms with Crippen LogP contribution in [0.5, 0.6) is 0 Å². The van der Waals surface area contributed by atoms with Gasteiger partial charge in [0, 0.05) is 11.3 Å². The van der Waals surface area contributed by atoms with Crippen LogP contribution in [0.4, 0.5) is 0 Å². The number of aliphatic hydroxyl groups is 1. The molecule has 1 unspecified atom stereocenters. The largest absolute Gasteiger partial charge is 0.431 e. The van der Waals surface area contributed by atoms with Crippen molar-refractivity contribution in [1.29, 1.82) is 0 Å². The van der Waals surface area contributed by atoms with Gasteiger partial charge in [-0.25, -0.2) is 4.98 Å². The fourth-order valence-corrected chi connectivity index (χ4v) is 2.62. The van der Waals surface area contributed by atoms with E-state index in [1.807, 2.05) is 31.2 Å². The highest BCUT2D eigenvalue weighted by Crippen LogP contribution is 2.24. The summed E-state index contributed by atoms with van der Waals surface area (Å²) in [5, 5.41) is 9.78. The SMILES string of the molecule is CC(N)(CO)CCCCSc1nc2ccccc2o1. The van der Waals surface area contributed by atoms with Crippen LogP contribution in [-0.2, 0) is 0 Å². The molecule has 0 radical (unpaired) electrons. The maximum absolute atomic E-state index is 9.05. The van der Waals surface area contributed by atoms with Crippen molar-refractivity contribution >= 4 is 22.9 Å². The summed E-state index contributed by atoms with van der Waals surface area (Å²) in [6.07, 6.45) is 2.87. The van der Waals surface area contributed by atoms with Gasteiger partial charge in [-0.05, 0) is 31.9 Å². The van der Waals surface area contributed by atoms with Gasteiger partial charge in [-0.15, -0.1) is 0 Å². The van der Waals surface area contributed by atoms with Crippen LogP contribution >= 0.6 is 11.8 Å². The lowest BCUT2D eigenvalue weighted by atomic mass is 9.98. The van der Waals surface area contributed by atoms with Gasteiger partial charge in [0.15, 0.2) is 5.58 Å². The molecule has 0 spiro atoms. The lowest BCUT2D eigenvalue weighted by Gasteiger charge is -2.20. The maximum atomic E-state index is 9.05. The summed E-state index contributed by atoms with van der Waals surface area (Å²) in [6, 6.07) is 7.77. The monoisotopic (exact) mass is 280 g/mol. The summed E-state index contributed by atoms with van der Waals surface area (Å²) in [4.78, 5) is 4.41. The molecule has 0 aliphatic carbocycles. The lowest BCUT2D eigenvalue weighted by molar-refractivity contribution is 0.198. The number of fused-ring (bicyclic) bond motifs is 1. The van der Waals surface area contributed by atoms with Crippen LogP contribution in [0.15, 0.2) is 33.9 Å². The van der Waals surface area contributed by atoms with E-state index < -0.39 is 5.54 Å². The number of para-hydroxylation sites is 2. The fourth-order valence-electron chi connectivity index (χ4n) is 1.78. The highest BCUT2D eigenvalue weighted by Gasteiger charge is 2.15.